The van der Waals surface area contributed by atoms with Crippen LogP contribution in [-0.4, -0.2) is 63.8 Å². The van der Waals surface area contributed by atoms with Gasteiger partial charge in [0.1, 0.15) is 11.7 Å². The van der Waals surface area contributed by atoms with Crippen molar-refractivity contribution in [2.45, 2.75) is 25.1 Å². The highest BCUT2D eigenvalue weighted by atomic mass is 16.5. The molecule has 0 spiro atoms. The average molecular weight is 282 g/mol. The molecule has 2 unspecified atom stereocenters. The third-order valence-electron chi connectivity index (χ3n) is 3.38. The first kappa shape index (κ1) is 14.5. The molecule has 2 atom stereocenters. The fourth-order valence-corrected chi connectivity index (χ4v) is 2.32. The van der Waals surface area contributed by atoms with Crippen LogP contribution in [0.2, 0.25) is 0 Å². The Morgan fingerprint density at radius 2 is 2.35 bits per heavy atom. The summed E-state index contributed by atoms with van der Waals surface area (Å²) in [6.45, 7) is 1.26. The summed E-state index contributed by atoms with van der Waals surface area (Å²) >= 11 is 0. The molecule has 1 saturated heterocycles. The quantitative estimate of drug-likeness (QED) is 0.728. The Morgan fingerprint density at radius 3 is 2.95 bits per heavy atom. The lowest BCUT2D eigenvalue weighted by molar-refractivity contribution is -0.141. The van der Waals surface area contributed by atoms with E-state index < -0.39 is 17.9 Å². The highest BCUT2D eigenvalue weighted by molar-refractivity contribution is 5.95. The second-order valence-corrected chi connectivity index (χ2v) is 4.69. The Balaban J connectivity index is 2.15. The maximum Gasteiger partial charge on any atom is 0.326 e. The van der Waals surface area contributed by atoms with Crippen molar-refractivity contribution in [1.29, 1.82) is 0 Å². The number of carboxylic acid groups (broad SMARTS) is 1. The van der Waals surface area contributed by atoms with E-state index in [1.165, 1.54) is 18.3 Å². The maximum absolute atomic E-state index is 12.3. The third-order valence-corrected chi connectivity index (χ3v) is 3.38. The predicted octanol–water partition coefficient (Wildman–Crippen LogP) is -0.844. The van der Waals surface area contributed by atoms with Crippen LogP contribution in [0.15, 0.2) is 12.5 Å². The number of nitrogens with two attached hydrogens (primary N) is 1. The lowest BCUT2D eigenvalue weighted by atomic mass is 10.2. The van der Waals surface area contributed by atoms with E-state index >= 15 is 0 Å². The number of methoxy groups -OCH3 is 1. The summed E-state index contributed by atoms with van der Waals surface area (Å²) in [4.78, 5) is 28.9. The number of carbonyl (C=O) groups is 2. The molecule has 2 heterocycles. The van der Waals surface area contributed by atoms with E-state index in [1.807, 2.05) is 0 Å². The smallest absolute Gasteiger partial charge is 0.326 e. The normalized spacial score (nSPS) is 22.2. The molecule has 0 aromatic carbocycles. The summed E-state index contributed by atoms with van der Waals surface area (Å²) in [5.74, 6) is -1.42. The molecular formula is C12H18N4O4. The molecule has 1 aromatic heterocycles. The van der Waals surface area contributed by atoms with Gasteiger partial charge in [0.25, 0.3) is 5.91 Å². The lowest BCUT2D eigenvalue weighted by Crippen LogP contribution is -2.40. The van der Waals surface area contributed by atoms with E-state index in [1.54, 1.807) is 10.8 Å². The van der Waals surface area contributed by atoms with Gasteiger partial charge in [0, 0.05) is 39.4 Å². The van der Waals surface area contributed by atoms with Gasteiger partial charge >= 0.3 is 5.97 Å². The first-order valence-electron chi connectivity index (χ1n) is 6.35. The topological polar surface area (TPSA) is 111 Å². The van der Waals surface area contributed by atoms with Crippen molar-refractivity contribution in [2.75, 3.05) is 20.2 Å². The fourth-order valence-electron chi connectivity index (χ4n) is 2.32. The molecule has 20 heavy (non-hydrogen) atoms. The molecule has 1 fully saturated rings. The van der Waals surface area contributed by atoms with E-state index in [-0.39, 0.29) is 18.3 Å². The molecule has 2 rings (SSSR count). The SMILES string of the molecule is COC1CC(C(=O)O)N(C(=O)c2cn(CCN)cn2)C1. The number of carboxylic acids is 1. The van der Waals surface area contributed by atoms with E-state index in [0.29, 0.717) is 19.5 Å². The van der Waals surface area contributed by atoms with E-state index in [4.69, 9.17) is 10.5 Å². The molecule has 110 valence electrons. The Hall–Kier alpha value is -1.93. The van der Waals surface area contributed by atoms with Gasteiger partial charge in [0.15, 0.2) is 0 Å². The second kappa shape index (κ2) is 6.02. The summed E-state index contributed by atoms with van der Waals surface area (Å²) in [5.41, 5.74) is 5.65. The molecular weight excluding hydrogens is 264 g/mol. The van der Waals surface area contributed by atoms with E-state index in [0.717, 1.165) is 0 Å². The molecule has 3 N–H and O–H groups in total. The monoisotopic (exact) mass is 282 g/mol. The number of ether oxygens (including phenoxy) is 1. The Kier molecular flexibility index (Phi) is 4.35. The minimum atomic E-state index is -1.03. The zero-order valence-electron chi connectivity index (χ0n) is 11.2. The molecule has 1 aromatic rings. The van der Waals surface area contributed by atoms with Gasteiger partial charge in [0.05, 0.1) is 12.4 Å². The molecule has 0 bridgehead atoms. The zero-order chi connectivity index (χ0) is 14.7. The molecule has 8 nitrogen and oxygen atoms in total. The molecule has 0 aliphatic carbocycles. The summed E-state index contributed by atoms with van der Waals surface area (Å²) in [7, 11) is 1.51. The van der Waals surface area contributed by atoms with Gasteiger partial charge in [-0.1, -0.05) is 0 Å². The number of hydrogen-bond acceptors (Lipinski definition) is 5. The number of nitrogens with zero attached hydrogens (tertiary/aromatic N) is 3. The van der Waals surface area contributed by atoms with Gasteiger partial charge < -0.3 is 25.0 Å². The Bertz CT molecular complexity index is 501. The Labute approximate surface area is 116 Å². The molecule has 8 heteroatoms. The highest BCUT2D eigenvalue weighted by Gasteiger charge is 2.40. The predicted molar refractivity (Wildman–Crippen MR) is 69.2 cm³/mol. The van der Waals surface area contributed by atoms with Crippen molar-refractivity contribution >= 4 is 11.9 Å². The van der Waals surface area contributed by atoms with E-state index in [9.17, 15) is 14.7 Å². The first-order chi connectivity index (χ1) is 9.56. The number of hydrogen-bond donors (Lipinski definition) is 2. The van der Waals surface area contributed by atoms with Crippen molar-refractivity contribution < 1.29 is 19.4 Å². The first-order valence-corrected chi connectivity index (χ1v) is 6.35. The largest absolute Gasteiger partial charge is 0.480 e. The number of aliphatic carboxylic acids is 1. The van der Waals surface area contributed by atoms with Crippen LogP contribution in [-0.2, 0) is 16.1 Å². The number of imidazole rings is 1. The van der Waals surface area contributed by atoms with Crippen molar-refractivity contribution in [3.05, 3.63) is 18.2 Å². The van der Waals surface area contributed by atoms with Crippen LogP contribution in [0.3, 0.4) is 0 Å². The van der Waals surface area contributed by atoms with Crippen LogP contribution in [0, 0.1) is 0 Å². The highest BCUT2D eigenvalue weighted by Crippen LogP contribution is 2.22. The Morgan fingerprint density at radius 1 is 1.60 bits per heavy atom. The van der Waals surface area contributed by atoms with Gasteiger partial charge in [-0.05, 0) is 0 Å². The van der Waals surface area contributed by atoms with Crippen molar-refractivity contribution in [1.82, 2.24) is 14.5 Å². The molecule has 1 amide bonds. The minimum absolute atomic E-state index is 0.224. The standard InChI is InChI=1S/C12H18N4O4/c1-20-8-4-10(12(18)19)16(5-8)11(17)9-6-15(3-2-13)7-14-9/h6-8,10H,2-5,13H2,1H3,(H,18,19). The summed E-state index contributed by atoms with van der Waals surface area (Å²) in [5, 5.41) is 9.19. The van der Waals surface area contributed by atoms with Crippen LogP contribution in [0.25, 0.3) is 0 Å². The summed E-state index contributed by atoms with van der Waals surface area (Å²) in [6.07, 6.45) is 3.13. The van der Waals surface area contributed by atoms with Crippen LogP contribution < -0.4 is 5.73 Å². The number of aromatic nitrogens is 2. The molecule has 0 saturated carbocycles. The van der Waals surface area contributed by atoms with Crippen LogP contribution in [0.5, 0.6) is 0 Å². The summed E-state index contributed by atoms with van der Waals surface area (Å²) in [6, 6.07) is -0.868. The number of carbonyl (C=O) groups excluding carboxylic acids is 1. The van der Waals surface area contributed by atoms with E-state index in [2.05, 4.69) is 4.98 Å². The van der Waals surface area contributed by atoms with Crippen LogP contribution in [0.1, 0.15) is 16.9 Å². The molecule has 1 aliphatic rings. The maximum atomic E-state index is 12.3. The number of amides is 1. The van der Waals surface area contributed by atoms with Gasteiger partial charge in [0.2, 0.25) is 0 Å². The van der Waals surface area contributed by atoms with Gasteiger partial charge in [-0.3, -0.25) is 4.79 Å². The second-order valence-electron chi connectivity index (χ2n) is 4.69. The molecule has 0 radical (unpaired) electrons. The lowest BCUT2D eigenvalue weighted by Gasteiger charge is -2.19. The summed E-state index contributed by atoms with van der Waals surface area (Å²) < 4.78 is 6.85. The number of rotatable bonds is 5. The van der Waals surface area contributed by atoms with Gasteiger partial charge in [-0.15, -0.1) is 0 Å². The van der Waals surface area contributed by atoms with Crippen LogP contribution in [0.4, 0.5) is 0 Å². The fraction of sp³-hybridized carbons (Fsp3) is 0.583. The average Bonchev–Trinajstić information content (AvgIpc) is 3.04. The van der Waals surface area contributed by atoms with Crippen molar-refractivity contribution in [2.24, 2.45) is 5.73 Å². The number of likely N-dealkylation sites (tertiary alicyclic amines) is 1. The van der Waals surface area contributed by atoms with Gasteiger partial charge in [-0.2, -0.15) is 0 Å². The zero-order valence-corrected chi connectivity index (χ0v) is 11.2. The molecule has 1 aliphatic heterocycles. The van der Waals surface area contributed by atoms with Crippen molar-refractivity contribution in [3.8, 4) is 0 Å². The van der Waals surface area contributed by atoms with Crippen molar-refractivity contribution in [3.63, 3.8) is 0 Å². The van der Waals surface area contributed by atoms with Gasteiger partial charge in [-0.25, -0.2) is 9.78 Å². The minimum Gasteiger partial charge on any atom is -0.480 e. The third kappa shape index (κ3) is 2.81. The van der Waals surface area contributed by atoms with Crippen LogP contribution >= 0.6 is 0 Å².